The first-order valence-electron chi connectivity index (χ1n) is 6.85. The Morgan fingerprint density at radius 2 is 1.53 bits per heavy atom. The Hall–Kier alpha value is -0.160. The van der Waals surface area contributed by atoms with Crippen molar-refractivity contribution in [2.75, 3.05) is 45.9 Å². The van der Waals surface area contributed by atoms with E-state index in [0.717, 1.165) is 45.9 Å². The molecule has 0 amide bonds. The predicted molar refractivity (Wildman–Crippen MR) is 80.9 cm³/mol. The van der Waals surface area contributed by atoms with Gasteiger partial charge in [-0.2, -0.15) is 0 Å². The monoisotopic (exact) mass is 251 g/mol. The molecule has 0 unspecified atom stereocenters. The second-order valence-corrected chi connectivity index (χ2v) is 5.07. The topological polar surface area (TPSA) is 45.3 Å². The van der Waals surface area contributed by atoms with E-state index in [-0.39, 0.29) is 4.28 Å². The van der Waals surface area contributed by atoms with Gasteiger partial charge in [0.15, 0.2) is 0 Å². The molecule has 0 rings (SSSR count). The van der Waals surface area contributed by atoms with Gasteiger partial charge < -0.3 is 20.7 Å². The molecule has 0 aromatic rings. The van der Waals surface area contributed by atoms with E-state index in [1.807, 2.05) is 0 Å². The van der Waals surface area contributed by atoms with Gasteiger partial charge in [0.2, 0.25) is 0 Å². The lowest BCUT2D eigenvalue weighted by Crippen LogP contribution is -2.33. The van der Waals surface area contributed by atoms with Crippen molar-refractivity contribution in [3.63, 3.8) is 0 Å². The van der Waals surface area contributed by atoms with Crippen molar-refractivity contribution in [1.82, 2.24) is 16.0 Å². The van der Waals surface area contributed by atoms with Crippen LogP contribution in [0.5, 0.6) is 0 Å². The van der Waals surface area contributed by atoms with E-state index in [9.17, 15) is 0 Å². The lowest BCUT2D eigenvalue weighted by atomic mass is 10.2. The quantitative estimate of drug-likeness (QED) is 0.461. The van der Waals surface area contributed by atoms with E-state index in [0.29, 0.717) is 12.0 Å². The molecule has 0 saturated heterocycles. The van der Waals surface area contributed by atoms with E-state index in [2.05, 4.69) is 43.6 Å². The molecule has 0 spiro atoms. The highest BCUT2D eigenvalue weighted by Crippen LogP contribution is 1.85. The normalized spacial score (nSPS) is 11.6. The molecule has 4 nitrogen and oxygen atoms in total. The van der Waals surface area contributed by atoms with Gasteiger partial charge in [-0.15, -0.1) is 0 Å². The molecule has 0 fully saturated rings. The van der Waals surface area contributed by atoms with Crippen LogP contribution >= 0.6 is 0 Å². The van der Waals surface area contributed by atoms with Crippen LogP contribution in [0.3, 0.4) is 0 Å². The molecule has 110 valence electrons. The SMILES string of the molecule is CC(C)CNCCOCCNCCNC(C)C.[HH].[HH].[HH]. The molecular weight excluding hydrogens is 214 g/mol. The van der Waals surface area contributed by atoms with E-state index in [4.69, 9.17) is 4.74 Å². The summed E-state index contributed by atoms with van der Waals surface area (Å²) in [6.45, 7) is 15.3. The minimum Gasteiger partial charge on any atom is -0.379 e. The Morgan fingerprint density at radius 3 is 2.12 bits per heavy atom. The standard InChI is InChI=1S/C13H31N3O.3H2/c1-12(2)11-15-8-10-17-9-7-14-5-6-16-13(3)4;;;/h12-16H,5-11H2,1-4H3;3*1H. The molecule has 0 aliphatic heterocycles. The van der Waals surface area contributed by atoms with Crippen LogP contribution in [0, 0.1) is 5.92 Å². The van der Waals surface area contributed by atoms with Crippen LogP contribution in [0.2, 0.25) is 0 Å². The number of ether oxygens (including phenoxy) is 1. The summed E-state index contributed by atoms with van der Waals surface area (Å²) in [7, 11) is 0. The van der Waals surface area contributed by atoms with Gasteiger partial charge in [0, 0.05) is 36.5 Å². The molecule has 0 aromatic carbocycles. The molecular formula is C13H37N3O. The van der Waals surface area contributed by atoms with Gasteiger partial charge in [-0.05, 0) is 12.5 Å². The third kappa shape index (κ3) is 15.8. The van der Waals surface area contributed by atoms with Crippen molar-refractivity contribution >= 4 is 0 Å². The maximum atomic E-state index is 5.50. The minimum atomic E-state index is 0. The van der Waals surface area contributed by atoms with Gasteiger partial charge >= 0.3 is 0 Å². The van der Waals surface area contributed by atoms with Crippen molar-refractivity contribution in [3.8, 4) is 0 Å². The Morgan fingerprint density at radius 1 is 0.882 bits per heavy atom. The Bertz CT molecular complexity index is 148. The van der Waals surface area contributed by atoms with Crippen LogP contribution in [0.4, 0.5) is 0 Å². The lowest BCUT2D eigenvalue weighted by Gasteiger charge is -2.10. The predicted octanol–water partition coefficient (Wildman–Crippen LogP) is 1.57. The summed E-state index contributed by atoms with van der Waals surface area (Å²) in [6, 6.07) is 0.570. The minimum absolute atomic E-state index is 0. The number of hydrogen-bond donors (Lipinski definition) is 3. The van der Waals surface area contributed by atoms with Crippen molar-refractivity contribution in [2.45, 2.75) is 33.7 Å². The number of nitrogens with one attached hydrogen (secondary N) is 3. The van der Waals surface area contributed by atoms with Gasteiger partial charge in [-0.3, -0.25) is 0 Å². The largest absolute Gasteiger partial charge is 0.379 e. The summed E-state index contributed by atoms with van der Waals surface area (Å²) in [6.07, 6.45) is 0. The van der Waals surface area contributed by atoms with Gasteiger partial charge in [0.1, 0.15) is 0 Å². The second-order valence-electron chi connectivity index (χ2n) is 5.07. The van der Waals surface area contributed by atoms with E-state index in [1.54, 1.807) is 0 Å². The molecule has 0 aromatic heterocycles. The van der Waals surface area contributed by atoms with Crippen molar-refractivity contribution in [3.05, 3.63) is 0 Å². The van der Waals surface area contributed by atoms with Gasteiger partial charge in [-0.25, -0.2) is 0 Å². The fourth-order valence-electron chi connectivity index (χ4n) is 1.36. The summed E-state index contributed by atoms with van der Waals surface area (Å²) in [5.74, 6) is 0.713. The molecule has 17 heavy (non-hydrogen) atoms. The molecule has 3 N–H and O–H groups in total. The first-order chi connectivity index (χ1) is 8.13. The Balaban J connectivity index is -0.000000427. The summed E-state index contributed by atoms with van der Waals surface area (Å²) in [5.41, 5.74) is 0. The highest BCUT2D eigenvalue weighted by atomic mass is 16.5. The highest BCUT2D eigenvalue weighted by molar-refractivity contribution is 4.55. The van der Waals surface area contributed by atoms with Gasteiger partial charge in [0.25, 0.3) is 0 Å². The summed E-state index contributed by atoms with van der Waals surface area (Å²) < 4.78 is 5.50. The Labute approximate surface area is 111 Å². The average molecular weight is 251 g/mol. The molecule has 0 bridgehead atoms. The van der Waals surface area contributed by atoms with E-state index < -0.39 is 0 Å². The fraction of sp³-hybridized carbons (Fsp3) is 1.00. The smallest absolute Gasteiger partial charge is 0.0591 e. The number of hydrogen-bond acceptors (Lipinski definition) is 4. The number of rotatable bonds is 12. The molecule has 0 aliphatic carbocycles. The first kappa shape index (κ1) is 16.8. The van der Waals surface area contributed by atoms with Crippen LogP contribution in [-0.4, -0.2) is 52.0 Å². The lowest BCUT2D eigenvalue weighted by molar-refractivity contribution is 0.137. The summed E-state index contributed by atoms with van der Waals surface area (Å²) >= 11 is 0. The van der Waals surface area contributed by atoms with Crippen LogP contribution in [0.15, 0.2) is 0 Å². The zero-order valence-corrected chi connectivity index (χ0v) is 12.0. The third-order valence-corrected chi connectivity index (χ3v) is 2.25. The van der Waals surface area contributed by atoms with Crippen LogP contribution in [-0.2, 0) is 4.74 Å². The summed E-state index contributed by atoms with van der Waals surface area (Å²) in [5, 5.41) is 10.1. The first-order valence-corrected chi connectivity index (χ1v) is 6.85. The van der Waals surface area contributed by atoms with Crippen LogP contribution < -0.4 is 16.0 Å². The van der Waals surface area contributed by atoms with E-state index in [1.165, 1.54) is 0 Å². The molecule has 0 heterocycles. The fourth-order valence-corrected chi connectivity index (χ4v) is 1.36. The maximum absolute atomic E-state index is 5.50. The van der Waals surface area contributed by atoms with Crippen molar-refractivity contribution in [2.24, 2.45) is 5.92 Å². The zero-order valence-electron chi connectivity index (χ0n) is 12.0. The summed E-state index contributed by atoms with van der Waals surface area (Å²) in [4.78, 5) is 0. The average Bonchev–Trinajstić information content (AvgIpc) is 2.25. The Kier molecular flexibility index (Phi) is 12.2. The van der Waals surface area contributed by atoms with Crippen molar-refractivity contribution in [1.29, 1.82) is 0 Å². The van der Waals surface area contributed by atoms with Crippen LogP contribution in [0.25, 0.3) is 0 Å². The zero-order chi connectivity index (χ0) is 12.9. The highest BCUT2D eigenvalue weighted by Gasteiger charge is 1.93. The van der Waals surface area contributed by atoms with Gasteiger partial charge in [-0.1, -0.05) is 27.7 Å². The second kappa shape index (κ2) is 12.3. The maximum Gasteiger partial charge on any atom is 0.0591 e. The van der Waals surface area contributed by atoms with E-state index >= 15 is 0 Å². The van der Waals surface area contributed by atoms with Gasteiger partial charge in [0.05, 0.1) is 13.2 Å². The molecule has 4 heteroatoms. The molecule has 0 radical (unpaired) electrons. The molecule has 0 saturated carbocycles. The van der Waals surface area contributed by atoms with Crippen molar-refractivity contribution < 1.29 is 9.02 Å². The van der Waals surface area contributed by atoms with Crippen LogP contribution in [0.1, 0.15) is 32.0 Å². The molecule has 0 atom stereocenters. The third-order valence-electron chi connectivity index (χ3n) is 2.25. The molecule has 0 aliphatic rings.